The molecule has 0 saturated carbocycles. The van der Waals surface area contributed by atoms with E-state index < -0.39 is 5.60 Å². The van der Waals surface area contributed by atoms with Crippen LogP contribution in [0.2, 0.25) is 0 Å². The minimum absolute atomic E-state index is 0.358. The van der Waals surface area contributed by atoms with E-state index in [2.05, 4.69) is 22.5 Å². The molecular formula is C15H27N3OS. The lowest BCUT2D eigenvalue weighted by atomic mass is 10.1. The first kappa shape index (κ1) is 17.0. The van der Waals surface area contributed by atoms with Gasteiger partial charge in [0, 0.05) is 18.0 Å². The van der Waals surface area contributed by atoms with Gasteiger partial charge in [-0.25, -0.2) is 4.99 Å². The summed E-state index contributed by atoms with van der Waals surface area (Å²) >= 11 is 1.56. The highest BCUT2D eigenvalue weighted by Gasteiger charge is 2.23. The Morgan fingerprint density at radius 1 is 1.35 bits per heavy atom. The van der Waals surface area contributed by atoms with Gasteiger partial charge >= 0.3 is 0 Å². The summed E-state index contributed by atoms with van der Waals surface area (Å²) in [5, 5.41) is 18.9. The molecule has 1 atom stereocenters. The first-order chi connectivity index (χ1) is 9.60. The molecule has 0 saturated heterocycles. The smallest absolute Gasteiger partial charge is 0.191 e. The van der Waals surface area contributed by atoms with Crippen LogP contribution in [0.4, 0.5) is 0 Å². The highest BCUT2D eigenvalue weighted by atomic mass is 32.1. The Morgan fingerprint density at radius 2 is 2.15 bits per heavy atom. The number of aliphatic hydroxyl groups is 1. The molecule has 0 bridgehead atoms. The lowest BCUT2D eigenvalue weighted by Gasteiger charge is -2.20. The number of thiophene rings is 1. The molecule has 0 aliphatic rings. The fraction of sp³-hybridized carbons (Fsp3) is 0.667. The molecular weight excluding hydrogens is 270 g/mol. The number of hydrogen-bond donors (Lipinski definition) is 3. The van der Waals surface area contributed by atoms with Gasteiger partial charge < -0.3 is 15.7 Å². The SMILES string of the molecule is CCCCCNC(=NCC(C)(O)c1cccs1)NCC. The molecule has 1 rings (SSSR count). The molecule has 4 nitrogen and oxygen atoms in total. The van der Waals surface area contributed by atoms with Crippen LogP contribution in [-0.2, 0) is 5.60 Å². The molecule has 0 aromatic carbocycles. The minimum atomic E-state index is -0.903. The molecule has 0 aliphatic carbocycles. The van der Waals surface area contributed by atoms with E-state index in [1.54, 1.807) is 11.3 Å². The van der Waals surface area contributed by atoms with Crippen LogP contribution in [0.15, 0.2) is 22.5 Å². The Balaban J connectivity index is 2.53. The molecule has 0 spiro atoms. The van der Waals surface area contributed by atoms with Crippen LogP contribution < -0.4 is 10.6 Å². The minimum Gasteiger partial charge on any atom is -0.383 e. The van der Waals surface area contributed by atoms with Gasteiger partial charge in [-0.3, -0.25) is 0 Å². The van der Waals surface area contributed by atoms with Crippen molar-refractivity contribution in [3.8, 4) is 0 Å². The quantitative estimate of drug-likeness (QED) is 0.393. The number of nitrogens with one attached hydrogen (secondary N) is 2. The lowest BCUT2D eigenvalue weighted by Crippen LogP contribution is -2.39. The van der Waals surface area contributed by atoms with Gasteiger partial charge in [-0.05, 0) is 31.7 Å². The number of guanidine groups is 1. The third-order valence-electron chi connectivity index (χ3n) is 3.01. The third-order valence-corrected chi connectivity index (χ3v) is 4.14. The van der Waals surface area contributed by atoms with Crippen LogP contribution in [0.25, 0.3) is 0 Å². The van der Waals surface area contributed by atoms with Crippen molar-refractivity contribution in [2.75, 3.05) is 19.6 Å². The van der Waals surface area contributed by atoms with Crippen LogP contribution in [-0.4, -0.2) is 30.7 Å². The van der Waals surface area contributed by atoms with Crippen molar-refractivity contribution in [2.45, 2.75) is 45.6 Å². The number of nitrogens with zero attached hydrogens (tertiary/aromatic N) is 1. The fourth-order valence-electron chi connectivity index (χ4n) is 1.82. The van der Waals surface area contributed by atoms with Gasteiger partial charge in [0.05, 0.1) is 6.54 Å². The normalized spacial score (nSPS) is 14.9. The first-order valence-corrected chi connectivity index (χ1v) is 8.26. The molecule has 3 N–H and O–H groups in total. The van der Waals surface area contributed by atoms with Crippen LogP contribution >= 0.6 is 11.3 Å². The maximum atomic E-state index is 10.4. The topological polar surface area (TPSA) is 56.7 Å². The van der Waals surface area contributed by atoms with Crippen molar-refractivity contribution in [3.05, 3.63) is 22.4 Å². The summed E-state index contributed by atoms with van der Waals surface area (Å²) < 4.78 is 0. The highest BCUT2D eigenvalue weighted by Crippen LogP contribution is 2.25. The maximum Gasteiger partial charge on any atom is 0.191 e. The van der Waals surface area contributed by atoms with Gasteiger partial charge in [0.2, 0.25) is 0 Å². The van der Waals surface area contributed by atoms with Crippen molar-refractivity contribution in [2.24, 2.45) is 4.99 Å². The molecule has 0 amide bonds. The number of unbranched alkanes of at least 4 members (excludes halogenated alkanes) is 2. The summed E-state index contributed by atoms with van der Waals surface area (Å²) in [5.74, 6) is 0.778. The van der Waals surface area contributed by atoms with E-state index >= 15 is 0 Å². The highest BCUT2D eigenvalue weighted by molar-refractivity contribution is 7.10. The van der Waals surface area contributed by atoms with Crippen molar-refractivity contribution in [1.82, 2.24) is 10.6 Å². The first-order valence-electron chi connectivity index (χ1n) is 7.38. The third kappa shape index (κ3) is 5.92. The van der Waals surface area contributed by atoms with Gasteiger partial charge in [-0.2, -0.15) is 0 Å². The van der Waals surface area contributed by atoms with Crippen molar-refractivity contribution < 1.29 is 5.11 Å². The second-order valence-corrected chi connectivity index (χ2v) is 6.03. The Bertz CT molecular complexity index is 388. The van der Waals surface area contributed by atoms with E-state index in [9.17, 15) is 5.11 Å². The molecule has 0 fully saturated rings. The largest absolute Gasteiger partial charge is 0.383 e. The molecule has 1 aromatic rings. The Morgan fingerprint density at radius 3 is 2.75 bits per heavy atom. The summed E-state index contributed by atoms with van der Waals surface area (Å²) in [5.41, 5.74) is -0.903. The molecule has 20 heavy (non-hydrogen) atoms. The van der Waals surface area contributed by atoms with E-state index in [1.165, 1.54) is 12.8 Å². The Hall–Kier alpha value is -1.07. The van der Waals surface area contributed by atoms with E-state index in [4.69, 9.17) is 0 Å². The van der Waals surface area contributed by atoms with E-state index in [1.807, 2.05) is 31.4 Å². The van der Waals surface area contributed by atoms with Gasteiger partial charge in [-0.1, -0.05) is 25.8 Å². The zero-order chi connectivity index (χ0) is 14.8. The average Bonchev–Trinajstić information content (AvgIpc) is 2.95. The predicted molar refractivity (Wildman–Crippen MR) is 87.4 cm³/mol. The van der Waals surface area contributed by atoms with Crippen molar-refractivity contribution in [3.63, 3.8) is 0 Å². The maximum absolute atomic E-state index is 10.4. The van der Waals surface area contributed by atoms with Crippen molar-refractivity contribution >= 4 is 17.3 Å². The molecule has 1 aromatic heterocycles. The standard InChI is InChI=1S/C15H27N3OS/c1-4-6-7-10-17-14(16-5-2)18-12-15(3,19)13-9-8-11-20-13/h8-9,11,19H,4-7,10,12H2,1-3H3,(H2,16,17,18). The predicted octanol–water partition coefficient (Wildman–Crippen LogP) is 2.70. The average molecular weight is 297 g/mol. The molecule has 0 aliphatic heterocycles. The molecule has 0 radical (unpaired) electrons. The molecule has 114 valence electrons. The Labute approximate surface area is 126 Å². The fourth-order valence-corrected chi connectivity index (χ4v) is 2.60. The van der Waals surface area contributed by atoms with Gasteiger partial charge in [0.1, 0.15) is 5.60 Å². The summed E-state index contributed by atoms with van der Waals surface area (Å²) in [4.78, 5) is 5.44. The van der Waals surface area contributed by atoms with E-state index in [0.29, 0.717) is 6.54 Å². The van der Waals surface area contributed by atoms with Crippen LogP contribution in [0.3, 0.4) is 0 Å². The monoisotopic (exact) mass is 297 g/mol. The van der Waals surface area contributed by atoms with Crippen LogP contribution in [0.1, 0.15) is 44.9 Å². The van der Waals surface area contributed by atoms with Gasteiger partial charge in [0.15, 0.2) is 5.96 Å². The second-order valence-electron chi connectivity index (χ2n) is 5.08. The van der Waals surface area contributed by atoms with Crippen LogP contribution in [0, 0.1) is 0 Å². The molecule has 1 heterocycles. The summed E-state index contributed by atoms with van der Waals surface area (Å²) in [6.07, 6.45) is 3.57. The van der Waals surface area contributed by atoms with Crippen molar-refractivity contribution in [1.29, 1.82) is 0 Å². The second kappa shape index (κ2) is 8.97. The Kier molecular flexibility index (Phi) is 7.62. The van der Waals surface area contributed by atoms with Gasteiger partial charge in [-0.15, -0.1) is 11.3 Å². The molecule has 1 unspecified atom stereocenters. The van der Waals surface area contributed by atoms with E-state index in [0.717, 1.165) is 30.3 Å². The number of rotatable bonds is 8. The number of hydrogen-bond acceptors (Lipinski definition) is 3. The zero-order valence-electron chi connectivity index (χ0n) is 12.8. The summed E-state index contributed by atoms with van der Waals surface area (Å²) in [7, 11) is 0. The molecule has 5 heteroatoms. The lowest BCUT2D eigenvalue weighted by molar-refractivity contribution is 0.0711. The summed E-state index contributed by atoms with van der Waals surface area (Å²) in [6.45, 7) is 8.14. The number of aliphatic imine (C=N–C) groups is 1. The summed E-state index contributed by atoms with van der Waals surface area (Å²) in [6, 6.07) is 3.90. The van der Waals surface area contributed by atoms with Crippen LogP contribution in [0.5, 0.6) is 0 Å². The zero-order valence-corrected chi connectivity index (χ0v) is 13.6. The van der Waals surface area contributed by atoms with E-state index in [-0.39, 0.29) is 0 Å². The van der Waals surface area contributed by atoms with Gasteiger partial charge in [0.25, 0.3) is 0 Å².